The smallest absolute Gasteiger partial charge is 0.135 e. The van der Waals surface area contributed by atoms with Crippen LogP contribution < -0.4 is 5.32 Å². The van der Waals surface area contributed by atoms with Crippen LogP contribution in [0.4, 0.5) is 0 Å². The summed E-state index contributed by atoms with van der Waals surface area (Å²) in [6.07, 6.45) is 2.12. The lowest BCUT2D eigenvalue weighted by atomic mass is 10.1. The van der Waals surface area contributed by atoms with Crippen LogP contribution in [0.3, 0.4) is 0 Å². The van der Waals surface area contributed by atoms with Crippen molar-refractivity contribution >= 4 is 27.5 Å². The second-order valence-corrected chi connectivity index (χ2v) is 6.46. The third-order valence-electron chi connectivity index (χ3n) is 3.53. The second kappa shape index (κ2) is 7.48. The van der Waals surface area contributed by atoms with E-state index in [1.165, 1.54) is 0 Å². The Labute approximate surface area is 140 Å². The second-order valence-electron chi connectivity index (χ2n) is 5.20. The fourth-order valence-electron chi connectivity index (χ4n) is 2.28. The van der Waals surface area contributed by atoms with Gasteiger partial charge >= 0.3 is 0 Å². The van der Waals surface area contributed by atoms with Crippen molar-refractivity contribution in [1.29, 1.82) is 0 Å². The lowest BCUT2D eigenvalue weighted by molar-refractivity contribution is 0.411. The van der Waals surface area contributed by atoms with Crippen molar-refractivity contribution in [1.82, 2.24) is 5.32 Å². The van der Waals surface area contributed by atoms with Crippen LogP contribution in [0.15, 0.2) is 33.2 Å². The summed E-state index contributed by atoms with van der Waals surface area (Å²) >= 11 is 9.82. The molecule has 0 aliphatic carbocycles. The summed E-state index contributed by atoms with van der Waals surface area (Å²) < 4.78 is 7.04. The fraction of sp³-hybridized carbons (Fsp3) is 0.412. The Kier molecular flexibility index (Phi) is 5.91. The molecule has 1 aromatic carbocycles. The summed E-state index contributed by atoms with van der Waals surface area (Å²) in [6, 6.07) is 8.29. The van der Waals surface area contributed by atoms with Crippen LogP contribution in [0.5, 0.6) is 0 Å². The number of aryl methyl sites for hydroxylation is 1. The van der Waals surface area contributed by atoms with Crippen LogP contribution in [-0.2, 0) is 0 Å². The van der Waals surface area contributed by atoms with Crippen LogP contribution in [0, 0.1) is 6.92 Å². The number of nitrogens with one attached hydrogen (secondary N) is 1. The standard InChI is InChI=1S/C17H21BrClNO/c1-4-8-20-15(5-2)17-7-6-16(21-17)12-10-14(19)11(3)9-13(12)18/h6-7,9-10,15,20H,4-5,8H2,1-3H3. The van der Waals surface area contributed by atoms with Crippen molar-refractivity contribution in [3.8, 4) is 11.3 Å². The van der Waals surface area contributed by atoms with Gasteiger partial charge in [0.1, 0.15) is 11.5 Å². The summed E-state index contributed by atoms with van der Waals surface area (Å²) in [4.78, 5) is 0. The van der Waals surface area contributed by atoms with E-state index in [0.717, 1.165) is 51.5 Å². The molecule has 1 heterocycles. The highest BCUT2D eigenvalue weighted by Gasteiger charge is 2.15. The molecule has 1 N–H and O–H groups in total. The highest BCUT2D eigenvalue weighted by Crippen LogP contribution is 2.35. The highest BCUT2D eigenvalue weighted by molar-refractivity contribution is 9.10. The van der Waals surface area contributed by atoms with E-state index in [9.17, 15) is 0 Å². The van der Waals surface area contributed by atoms with E-state index in [-0.39, 0.29) is 6.04 Å². The number of furan rings is 1. The Hall–Kier alpha value is -0.770. The van der Waals surface area contributed by atoms with Crippen molar-refractivity contribution in [2.75, 3.05) is 6.54 Å². The topological polar surface area (TPSA) is 25.2 Å². The van der Waals surface area contributed by atoms with Crippen LogP contribution in [0.25, 0.3) is 11.3 Å². The van der Waals surface area contributed by atoms with Gasteiger partial charge in [-0.05, 0) is 56.1 Å². The zero-order chi connectivity index (χ0) is 15.4. The van der Waals surface area contributed by atoms with Crippen LogP contribution in [0.1, 0.15) is 44.1 Å². The molecule has 2 aromatic rings. The lowest BCUT2D eigenvalue weighted by Gasteiger charge is -2.13. The molecular formula is C17H21BrClNO. The predicted octanol–water partition coefficient (Wildman–Crippen LogP) is 6.12. The van der Waals surface area contributed by atoms with Crippen LogP contribution in [0.2, 0.25) is 5.02 Å². The quantitative estimate of drug-likeness (QED) is 0.662. The highest BCUT2D eigenvalue weighted by atomic mass is 79.9. The Balaban J connectivity index is 2.29. The Morgan fingerprint density at radius 1 is 1.29 bits per heavy atom. The molecule has 0 radical (unpaired) electrons. The Morgan fingerprint density at radius 2 is 2.05 bits per heavy atom. The van der Waals surface area contributed by atoms with Gasteiger partial charge in [-0.3, -0.25) is 0 Å². The van der Waals surface area contributed by atoms with Gasteiger partial charge in [-0.1, -0.05) is 41.4 Å². The number of benzene rings is 1. The summed E-state index contributed by atoms with van der Waals surface area (Å²) in [5.74, 6) is 1.82. The van der Waals surface area contributed by atoms with Gasteiger partial charge in [0.05, 0.1) is 6.04 Å². The molecule has 0 saturated heterocycles. The Morgan fingerprint density at radius 3 is 2.71 bits per heavy atom. The normalized spacial score (nSPS) is 12.6. The minimum Gasteiger partial charge on any atom is -0.459 e. The molecule has 0 bridgehead atoms. The van der Waals surface area contributed by atoms with Gasteiger partial charge < -0.3 is 9.73 Å². The van der Waals surface area contributed by atoms with Gasteiger partial charge in [0, 0.05) is 15.1 Å². The molecule has 1 aromatic heterocycles. The number of halogens is 2. The lowest BCUT2D eigenvalue weighted by Crippen LogP contribution is -2.20. The van der Waals surface area contributed by atoms with Gasteiger partial charge in [0.15, 0.2) is 0 Å². The maximum absolute atomic E-state index is 6.23. The minimum absolute atomic E-state index is 0.262. The number of rotatable bonds is 6. The van der Waals surface area contributed by atoms with Gasteiger partial charge in [-0.15, -0.1) is 0 Å². The molecule has 0 saturated carbocycles. The number of hydrogen-bond acceptors (Lipinski definition) is 2. The maximum atomic E-state index is 6.23. The SMILES string of the molecule is CCCNC(CC)c1ccc(-c2cc(Cl)c(C)cc2Br)o1. The molecule has 0 aliphatic heterocycles. The molecule has 1 atom stereocenters. The molecule has 0 spiro atoms. The van der Waals surface area contributed by atoms with Gasteiger partial charge in [0.2, 0.25) is 0 Å². The van der Waals surface area contributed by atoms with E-state index >= 15 is 0 Å². The summed E-state index contributed by atoms with van der Waals surface area (Å²) in [7, 11) is 0. The van der Waals surface area contributed by atoms with E-state index in [1.54, 1.807) is 0 Å². The van der Waals surface area contributed by atoms with Crippen molar-refractivity contribution < 1.29 is 4.42 Å². The average Bonchev–Trinajstić information content (AvgIpc) is 2.93. The molecule has 114 valence electrons. The molecule has 1 unspecified atom stereocenters. The third kappa shape index (κ3) is 3.91. The molecule has 0 fully saturated rings. The van der Waals surface area contributed by atoms with Crippen molar-refractivity contribution in [3.05, 3.63) is 45.1 Å². The van der Waals surface area contributed by atoms with E-state index < -0.39 is 0 Å². The van der Waals surface area contributed by atoms with E-state index in [0.29, 0.717) is 0 Å². The molecular weight excluding hydrogens is 350 g/mol. The van der Waals surface area contributed by atoms with Gasteiger partial charge in [0.25, 0.3) is 0 Å². The molecule has 21 heavy (non-hydrogen) atoms. The van der Waals surface area contributed by atoms with Crippen LogP contribution in [-0.4, -0.2) is 6.54 Å². The fourth-order valence-corrected chi connectivity index (χ4v) is 3.10. The first-order chi connectivity index (χ1) is 10.1. The first-order valence-corrected chi connectivity index (χ1v) is 8.53. The van der Waals surface area contributed by atoms with Crippen molar-refractivity contribution in [2.45, 2.75) is 39.7 Å². The maximum Gasteiger partial charge on any atom is 0.135 e. The van der Waals surface area contributed by atoms with Crippen LogP contribution >= 0.6 is 27.5 Å². The largest absolute Gasteiger partial charge is 0.459 e. The number of hydrogen-bond donors (Lipinski definition) is 1. The molecule has 2 rings (SSSR count). The summed E-state index contributed by atoms with van der Waals surface area (Å²) in [5, 5.41) is 4.26. The van der Waals surface area contributed by atoms with E-state index in [2.05, 4.69) is 35.1 Å². The third-order valence-corrected chi connectivity index (χ3v) is 4.60. The monoisotopic (exact) mass is 369 g/mol. The predicted molar refractivity (Wildman–Crippen MR) is 92.9 cm³/mol. The van der Waals surface area contributed by atoms with Crippen molar-refractivity contribution in [3.63, 3.8) is 0 Å². The Bertz CT molecular complexity index is 609. The van der Waals surface area contributed by atoms with E-state index in [1.807, 2.05) is 31.2 Å². The average molecular weight is 371 g/mol. The first-order valence-electron chi connectivity index (χ1n) is 7.35. The molecule has 0 aliphatic rings. The molecule has 4 heteroatoms. The zero-order valence-electron chi connectivity index (χ0n) is 12.7. The first kappa shape index (κ1) is 16.6. The summed E-state index contributed by atoms with van der Waals surface area (Å²) in [6.45, 7) is 7.31. The van der Waals surface area contributed by atoms with Gasteiger partial charge in [-0.2, -0.15) is 0 Å². The molecule has 0 amide bonds. The van der Waals surface area contributed by atoms with Crippen molar-refractivity contribution in [2.24, 2.45) is 0 Å². The zero-order valence-corrected chi connectivity index (χ0v) is 15.0. The summed E-state index contributed by atoms with van der Waals surface area (Å²) in [5.41, 5.74) is 2.04. The molecule has 2 nitrogen and oxygen atoms in total. The van der Waals surface area contributed by atoms with Gasteiger partial charge in [-0.25, -0.2) is 0 Å². The van der Waals surface area contributed by atoms with E-state index in [4.69, 9.17) is 16.0 Å². The minimum atomic E-state index is 0.262.